The fraction of sp³-hybridized carbons (Fsp3) is 0.100. The number of rotatable bonds is 0. The van der Waals surface area contributed by atoms with Crippen LogP contribution in [-0.4, -0.2) is 4.98 Å². The SMILES string of the molecule is Cc1cc2cc(F)c(F)c(F)c2nc1Cl. The van der Waals surface area contributed by atoms with Crippen LogP contribution in [0.4, 0.5) is 13.2 Å². The normalized spacial score (nSPS) is 11.0. The second-order valence-electron chi connectivity index (χ2n) is 3.15. The number of hydrogen-bond acceptors (Lipinski definition) is 1. The maximum Gasteiger partial charge on any atom is 0.196 e. The van der Waals surface area contributed by atoms with Gasteiger partial charge in [0.2, 0.25) is 0 Å². The van der Waals surface area contributed by atoms with Gasteiger partial charge in [-0.15, -0.1) is 0 Å². The topological polar surface area (TPSA) is 12.9 Å². The van der Waals surface area contributed by atoms with Gasteiger partial charge in [0.25, 0.3) is 0 Å². The minimum atomic E-state index is -1.53. The summed E-state index contributed by atoms with van der Waals surface area (Å²) < 4.78 is 39.0. The van der Waals surface area contributed by atoms with Crippen molar-refractivity contribution in [1.82, 2.24) is 4.98 Å². The minimum absolute atomic E-state index is 0.0763. The monoisotopic (exact) mass is 231 g/mol. The fourth-order valence-electron chi connectivity index (χ4n) is 1.31. The molecule has 0 amide bonds. The first-order valence-corrected chi connectivity index (χ1v) is 4.49. The Kier molecular flexibility index (Phi) is 2.31. The Morgan fingerprint density at radius 1 is 1.13 bits per heavy atom. The third-order valence-electron chi connectivity index (χ3n) is 2.07. The van der Waals surface area contributed by atoms with E-state index in [2.05, 4.69) is 4.98 Å². The zero-order valence-electron chi connectivity index (χ0n) is 7.61. The van der Waals surface area contributed by atoms with Gasteiger partial charge < -0.3 is 0 Å². The molecule has 78 valence electrons. The number of halogens is 4. The minimum Gasteiger partial charge on any atom is -0.233 e. The number of benzene rings is 1. The fourth-order valence-corrected chi connectivity index (χ4v) is 1.45. The van der Waals surface area contributed by atoms with Crippen molar-refractivity contribution < 1.29 is 13.2 Å². The predicted octanol–water partition coefficient (Wildman–Crippen LogP) is 3.61. The Morgan fingerprint density at radius 3 is 2.47 bits per heavy atom. The maximum absolute atomic E-state index is 13.2. The first-order valence-electron chi connectivity index (χ1n) is 4.11. The lowest BCUT2D eigenvalue weighted by atomic mass is 10.1. The molecular weight excluding hydrogens is 227 g/mol. The molecule has 0 spiro atoms. The van der Waals surface area contributed by atoms with Gasteiger partial charge in [0.1, 0.15) is 10.7 Å². The van der Waals surface area contributed by atoms with Gasteiger partial charge in [0.05, 0.1) is 0 Å². The molecule has 0 aliphatic heterocycles. The van der Waals surface area contributed by atoms with E-state index in [-0.39, 0.29) is 16.1 Å². The molecule has 0 bridgehead atoms. The molecular formula is C10H5ClF3N. The van der Waals surface area contributed by atoms with Crippen molar-refractivity contribution in [2.45, 2.75) is 6.92 Å². The Labute approximate surface area is 88.5 Å². The number of hydrogen-bond donors (Lipinski definition) is 0. The van der Waals surface area contributed by atoms with Gasteiger partial charge in [-0.2, -0.15) is 0 Å². The summed E-state index contributed by atoms with van der Waals surface area (Å²) in [6.45, 7) is 1.65. The van der Waals surface area contributed by atoms with Crippen LogP contribution in [0.5, 0.6) is 0 Å². The molecule has 2 rings (SSSR count). The maximum atomic E-state index is 13.2. The first kappa shape index (κ1) is 10.2. The molecule has 0 atom stereocenters. The van der Waals surface area contributed by atoms with Crippen LogP contribution >= 0.6 is 11.6 Å². The molecule has 1 nitrogen and oxygen atoms in total. The molecule has 0 unspecified atom stereocenters. The Bertz CT molecular complexity index is 549. The molecule has 15 heavy (non-hydrogen) atoms. The second kappa shape index (κ2) is 3.38. The molecule has 0 aliphatic rings. The van der Waals surface area contributed by atoms with Gasteiger partial charge >= 0.3 is 0 Å². The molecule has 0 aliphatic carbocycles. The lowest BCUT2D eigenvalue weighted by Gasteiger charge is -2.04. The molecule has 2 aromatic rings. The van der Waals surface area contributed by atoms with Gasteiger partial charge in [-0.1, -0.05) is 11.6 Å². The van der Waals surface area contributed by atoms with E-state index >= 15 is 0 Å². The predicted molar refractivity (Wildman–Crippen MR) is 51.4 cm³/mol. The number of aromatic nitrogens is 1. The van der Waals surface area contributed by atoms with Crippen molar-refractivity contribution in [3.63, 3.8) is 0 Å². The summed E-state index contributed by atoms with van der Waals surface area (Å²) in [5, 5.41) is 0.265. The van der Waals surface area contributed by atoms with Crippen molar-refractivity contribution in [3.05, 3.63) is 40.3 Å². The van der Waals surface area contributed by atoms with E-state index in [0.717, 1.165) is 6.07 Å². The van der Waals surface area contributed by atoms with Crippen molar-refractivity contribution in [2.75, 3.05) is 0 Å². The largest absolute Gasteiger partial charge is 0.233 e. The highest BCUT2D eigenvalue weighted by Crippen LogP contribution is 2.25. The van der Waals surface area contributed by atoms with E-state index in [0.29, 0.717) is 5.56 Å². The molecule has 0 saturated heterocycles. The second-order valence-corrected chi connectivity index (χ2v) is 3.51. The van der Waals surface area contributed by atoms with E-state index in [4.69, 9.17) is 11.6 Å². The van der Waals surface area contributed by atoms with Crippen LogP contribution in [0, 0.1) is 24.4 Å². The van der Waals surface area contributed by atoms with Gasteiger partial charge in [-0.05, 0) is 24.6 Å². The van der Waals surface area contributed by atoms with E-state index in [1.165, 1.54) is 6.07 Å². The quantitative estimate of drug-likeness (QED) is 0.499. The molecule has 0 radical (unpaired) electrons. The Hall–Kier alpha value is -1.29. The van der Waals surface area contributed by atoms with E-state index in [1.54, 1.807) is 6.92 Å². The molecule has 1 heterocycles. The average Bonchev–Trinajstić information content (AvgIpc) is 2.19. The van der Waals surface area contributed by atoms with Gasteiger partial charge in [0.15, 0.2) is 17.5 Å². The number of aryl methyl sites for hydroxylation is 1. The lowest BCUT2D eigenvalue weighted by Crippen LogP contribution is -1.95. The number of pyridine rings is 1. The third kappa shape index (κ3) is 1.55. The lowest BCUT2D eigenvalue weighted by molar-refractivity contribution is 0.452. The van der Waals surface area contributed by atoms with Crippen molar-refractivity contribution in [2.24, 2.45) is 0 Å². The zero-order chi connectivity index (χ0) is 11.2. The van der Waals surface area contributed by atoms with Crippen LogP contribution in [0.15, 0.2) is 12.1 Å². The van der Waals surface area contributed by atoms with Crippen LogP contribution in [-0.2, 0) is 0 Å². The molecule has 1 aromatic heterocycles. The molecule has 0 fully saturated rings. The summed E-state index contributed by atoms with van der Waals surface area (Å²) in [6.07, 6.45) is 0. The Balaban J connectivity index is 2.93. The zero-order valence-corrected chi connectivity index (χ0v) is 8.37. The summed E-state index contributed by atoms with van der Waals surface area (Å²) in [5.41, 5.74) is 0.319. The highest BCUT2D eigenvalue weighted by Gasteiger charge is 2.15. The van der Waals surface area contributed by atoms with Crippen molar-refractivity contribution >= 4 is 22.5 Å². The molecule has 0 N–H and O–H groups in total. The van der Waals surface area contributed by atoms with Gasteiger partial charge in [-0.25, -0.2) is 18.2 Å². The first-order chi connectivity index (χ1) is 7.00. The van der Waals surface area contributed by atoms with Crippen LogP contribution in [0.1, 0.15) is 5.56 Å². The highest BCUT2D eigenvalue weighted by atomic mass is 35.5. The summed E-state index contributed by atoms with van der Waals surface area (Å²) in [4.78, 5) is 3.66. The standard InChI is InChI=1S/C10H5ClF3N/c1-4-2-5-3-6(12)7(13)8(14)9(5)15-10(4)11/h2-3H,1H3. The third-order valence-corrected chi connectivity index (χ3v) is 2.46. The Morgan fingerprint density at radius 2 is 1.80 bits per heavy atom. The van der Waals surface area contributed by atoms with Gasteiger partial charge in [-0.3, -0.25) is 0 Å². The van der Waals surface area contributed by atoms with Crippen molar-refractivity contribution in [1.29, 1.82) is 0 Å². The highest BCUT2D eigenvalue weighted by molar-refractivity contribution is 6.30. The van der Waals surface area contributed by atoms with Crippen LogP contribution < -0.4 is 0 Å². The summed E-state index contributed by atoms with van der Waals surface area (Å²) >= 11 is 5.66. The number of fused-ring (bicyclic) bond motifs is 1. The van der Waals surface area contributed by atoms with E-state index < -0.39 is 17.5 Å². The number of nitrogens with zero attached hydrogens (tertiary/aromatic N) is 1. The van der Waals surface area contributed by atoms with Crippen LogP contribution in [0.3, 0.4) is 0 Å². The van der Waals surface area contributed by atoms with E-state index in [1.807, 2.05) is 0 Å². The molecule has 1 aromatic carbocycles. The molecule has 5 heteroatoms. The summed E-state index contributed by atoms with van der Waals surface area (Å²) in [6, 6.07) is 2.35. The van der Waals surface area contributed by atoms with Gasteiger partial charge in [0, 0.05) is 5.39 Å². The van der Waals surface area contributed by atoms with Crippen molar-refractivity contribution in [3.8, 4) is 0 Å². The smallest absolute Gasteiger partial charge is 0.196 e. The van der Waals surface area contributed by atoms with E-state index in [9.17, 15) is 13.2 Å². The average molecular weight is 232 g/mol. The summed E-state index contributed by atoms with van der Waals surface area (Å²) in [5.74, 6) is -4.08. The van der Waals surface area contributed by atoms with Crippen LogP contribution in [0.25, 0.3) is 10.9 Å². The molecule has 0 saturated carbocycles. The summed E-state index contributed by atoms with van der Waals surface area (Å²) in [7, 11) is 0. The van der Waals surface area contributed by atoms with Crippen LogP contribution in [0.2, 0.25) is 5.15 Å².